The second-order valence-corrected chi connectivity index (χ2v) is 5.19. The molecule has 3 N–H and O–H groups in total. The molecule has 0 fully saturated rings. The molecule has 0 aliphatic heterocycles. The average Bonchev–Trinajstić information content (AvgIpc) is 2.56. The van der Waals surface area contributed by atoms with Crippen molar-refractivity contribution >= 4 is 17.6 Å². The Morgan fingerprint density at radius 3 is 2.52 bits per heavy atom. The summed E-state index contributed by atoms with van der Waals surface area (Å²) in [5.41, 5.74) is 4.93. The maximum absolute atomic E-state index is 13.7. The minimum atomic E-state index is -0.891. The van der Waals surface area contributed by atoms with Crippen LogP contribution >= 0.6 is 0 Å². The van der Waals surface area contributed by atoms with Crippen LogP contribution in [-0.4, -0.2) is 37.0 Å². The molecule has 3 amide bonds. The van der Waals surface area contributed by atoms with Crippen molar-refractivity contribution in [2.45, 2.75) is 0 Å². The molecule has 2 aromatic carbocycles. The van der Waals surface area contributed by atoms with Crippen molar-refractivity contribution in [1.82, 2.24) is 4.90 Å². The Morgan fingerprint density at radius 1 is 1.16 bits per heavy atom. The first-order valence-corrected chi connectivity index (χ1v) is 7.37. The Bertz CT molecular complexity index is 783. The lowest BCUT2D eigenvalue weighted by molar-refractivity contribution is 0.0996. The number of nitrogens with two attached hydrogens (primary N) is 1. The number of halogens is 2. The molecule has 0 bridgehead atoms. The Morgan fingerprint density at radius 2 is 1.88 bits per heavy atom. The Balaban J connectivity index is 1.87. The summed E-state index contributed by atoms with van der Waals surface area (Å²) in [4.78, 5) is 24.3. The molecule has 6 nitrogen and oxygen atoms in total. The van der Waals surface area contributed by atoms with Gasteiger partial charge in [0.1, 0.15) is 12.4 Å². The molecular weight excluding hydrogens is 332 g/mol. The van der Waals surface area contributed by atoms with Crippen molar-refractivity contribution in [2.75, 3.05) is 25.5 Å². The van der Waals surface area contributed by atoms with E-state index >= 15 is 0 Å². The van der Waals surface area contributed by atoms with E-state index in [1.165, 1.54) is 36.2 Å². The first-order chi connectivity index (χ1) is 11.9. The van der Waals surface area contributed by atoms with Crippen LogP contribution in [0.2, 0.25) is 0 Å². The number of para-hydroxylation sites is 1. The largest absolute Gasteiger partial charge is 0.489 e. The van der Waals surface area contributed by atoms with E-state index in [0.717, 1.165) is 6.07 Å². The number of carbonyl (C=O) groups is 2. The monoisotopic (exact) mass is 349 g/mol. The SMILES string of the molecule is CN(CCOc1ccccc1F)C(=O)Nc1ccc(C(N)=O)c(F)c1. The van der Waals surface area contributed by atoms with Gasteiger partial charge in [-0.2, -0.15) is 0 Å². The molecule has 0 atom stereocenters. The molecule has 0 aliphatic rings. The van der Waals surface area contributed by atoms with Gasteiger partial charge in [-0.15, -0.1) is 0 Å². The summed E-state index contributed by atoms with van der Waals surface area (Å²) in [6, 6.07) is 8.99. The van der Waals surface area contributed by atoms with Gasteiger partial charge < -0.3 is 20.7 Å². The molecule has 0 unspecified atom stereocenters. The fourth-order valence-electron chi connectivity index (χ4n) is 1.97. The molecule has 2 aromatic rings. The zero-order chi connectivity index (χ0) is 18.4. The summed E-state index contributed by atoms with van der Waals surface area (Å²) in [5, 5.41) is 2.47. The van der Waals surface area contributed by atoms with Crippen LogP contribution in [0.5, 0.6) is 5.75 Å². The van der Waals surface area contributed by atoms with Gasteiger partial charge in [-0.05, 0) is 30.3 Å². The number of anilines is 1. The minimum Gasteiger partial charge on any atom is -0.489 e. The number of carbonyl (C=O) groups excluding carboxylic acids is 2. The molecule has 0 aromatic heterocycles. The number of rotatable bonds is 6. The van der Waals surface area contributed by atoms with Gasteiger partial charge in [0.25, 0.3) is 5.91 Å². The van der Waals surface area contributed by atoms with Crippen molar-refractivity contribution in [2.24, 2.45) is 5.73 Å². The van der Waals surface area contributed by atoms with Crippen molar-refractivity contribution in [1.29, 1.82) is 0 Å². The van der Waals surface area contributed by atoms with Crippen LogP contribution in [0, 0.1) is 11.6 Å². The molecule has 0 heterocycles. The van der Waals surface area contributed by atoms with Gasteiger partial charge in [0, 0.05) is 12.7 Å². The fourth-order valence-corrected chi connectivity index (χ4v) is 1.97. The summed E-state index contributed by atoms with van der Waals surface area (Å²) in [5.74, 6) is -2.10. The number of benzene rings is 2. The number of likely N-dealkylation sites (N-methyl/N-ethyl adjacent to an activating group) is 1. The number of urea groups is 1. The molecule has 0 radical (unpaired) electrons. The summed E-state index contributed by atoms with van der Waals surface area (Å²) < 4.78 is 32.3. The normalized spacial score (nSPS) is 10.2. The van der Waals surface area contributed by atoms with E-state index in [9.17, 15) is 18.4 Å². The van der Waals surface area contributed by atoms with E-state index in [1.54, 1.807) is 12.1 Å². The minimum absolute atomic E-state index is 0.0832. The number of ether oxygens (including phenoxy) is 1. The third kappa shape index (κ3) is 4.90. The van der Waals surface area contributed by atoms with E-state index in [1.807, 2.05) is 0 Å². The van der Waals surface area contributed by atoms with E-state index in [2.05, 4.69) is 5.32 Å². The van der Waals surface area contributed by atoms with Gasteiger partial charge in [0.05, 0.1) is 12.1 Å². The van der Waals surface area contributed by atoms with E-state index in [4.69, 9.17) is 10.5 Å². The molecule has 2 rings (SSSR count). The van der Waals surface area contributed by atoms with Crippen molar-refractivity contribution < 1.29 is 23.1 Å². The first-order valence-electron chi connectivity index (χ1n) is 7.37. The zero-order valence-electron chi connectivity index (χ0n) is 13.5. The molecule has 0 aliphatic carbocycles. The third-order valence-electron chi connectivity index (χ3n) is 3.35. The van der Waals surface area contributed by atoms with E-state index < -0.39 is 23.6 Å². The highest BCUT2D eigenvalue weighted by atomic mass is 19.1. The van der Waals surface area contributed by atoms with Gasteiger partial charge in [-0.1, -0.05) is 12.1 Å². The highest BCUT2D eigenvalue weighted by Crippen LogP contribution is 2.16. The Labute approximate surface area is 143 Å². The summed E-state index contributed by atoms with van der Waals surface area (Å²) in [7, 11) is 1.51. The highest BCUT2D eigenvalue weighted by molar-refractivity contribution is 5.94. The smallest absolute Gasteiger partial charge is 0.321 e. The first kappa shape index (κ1) is 18.2. The van der Waals surface area contributed by atoms with Gasteiger partial charge >= 0.3 is 6.03 Å². The number of hydrogen-bond donors (Lipinski definition) is 2. The molecule has 0 saturated carbocycles. The Hall–Kier alpha value is -3.16. The van der Waals surface area contributed by atoms with Gasteiger partial charge in [-0.25, -0.2) is 13.6 Å². The molecule has 132 valence electrons. The number of nitrogens with zero attached hydrogens (tertiary/aromatic N) is 1. The molecular formula is C17H17F2N3O3. The van der Waals surface area contributed by atoms with Crippen LogP contribution in [0.15, 0.2) is 42.5 Å². The predicted octanol–water partition coefficient (Wildman–Crippen LogP) is 2.61. The fraction of sp³-hybridized carbons (Fsp3) is 0.176. The van der Waals surface area contributed by atoms with Crippen molar-refractivity contribution in [3.8, 4) is 5.75 Å². The van der Waals surface area contributed by atoms with Crippen LogP contribution < -0.4 is 15.8 Å². The maximum Gasteiger partial charge on any atom is 0.321 e. The second-order valence-electron chi connectivity index (χ2n) is 5.19. The average molecular weight is 349 g/mol. The molecule has 0 spiro atoms. The number of amides is 3. The lowest BCUT2D eigenvalue weighted by Crippen LogP contribution is -2.34. The number of hydrogen-bond acceptors (Lipinski definition) is 3. The van der Waals surface area contributed by atoms with Crippen LogP contribution in [0.1, 0.15) is 10.4 Å². The third-order valence-corrected chi connectivity index (χ3v) is 3.35. The van der Waals surface area contributed by atoms with Crippen LogP contribution in [0.4, 0.5) is 19.3 Å². The van der Waals surface area contributed by atoms with Gasteiger partial charge in [0.15, 0.2) is 11.6 Å². The van der Waals surface area contributed by atoms with Crippen LogP contribution in [0.25, 0.3) is 0 Å². The van der Waals surface area contributed by atoms with Crippen molar-refractivity contribution in [3.63, 3.8) is 0 Å². The van der Waals surface area contributed by atoms with Gasteiger partial charge in [-0.3, -0.25) is 4.79 Å². The summed E-state index contributed by atoms with van der Waals surface area (Å²) >= 11 is 0. The predicted molar refractivity (Wildman–Crippen MR) is 88.5 cm³/mol. The quantitative estimate of drug-likeness (QED) is 0.841. The Kier molecular flexibility index (Phi) is 5.89. The van der Waals surface area contributed by atoms with E-state index in [0.29, 0.717) is 0 Å². The lowest BCUT2D eigenvalue weighted by atomic mass is 10.2. The van der Waals surface area contributed by atoms with Crippen LogP contribution in [-0.2, 0) is 0 Å². The standard InChI is InChI=1S/C17H17F2N3O3/c1-22(8-9-25-15-5-3-2-4-13(15)18)17(24)21-11-6-7-12(16(20)23)14(19)10-11/h2-7,10H,8-9H2,1H3,(H2,20,23)(H,21,24). The molecule has 0 saturated heterocycles. The summed E-state index contributed by atoms with van der Waals surface area (Å²) in [6.45, 7) is 0.266. The molecule has 25 heavy (non-hydrogen) atoms. The lowest BCUT2D eigenvalue weighted by Gasteiger charge is -2.18. The maximum atomic E-state index is 13.7. The number of primary amides is 1. The zero-order valence-corrected chi connectivity index (χ0v) is 13.5. The topological polar surface area (TPSA) is 84.7 Å². The van der Waals surface area contributed by atoms with Crippen molar-refractivity contribution in [3.05, 3.63) is 59.7 Å². The van der Waals surface area contributed by atoms with E-state index in [-0.39, 0.29) is 30.2 Å². The molecule has 8 heteroatoms. The summed E-state index contributed by atoms with van der Waals surface area (Å²) in [6.07, 6.45) is 0. The van der Waals surface area contributed by atoms with Crippen LogP contribution in [0.3, 0.4) is 0 Å². The van der Waals surface area contributed by atoms with Gasteiger partial charge in [0.2, 0.25) is 0 Å². The number of nitrogens with one attached hydrogen (secondary N) is 1. The highest BCUT2D eigenvalue weighted by Gasteiger charge is 2.13. The second kappa shape index (κ2) is 8.09.